The van der Waals surface area contributed by atoms with Crippen molar-refractivity contribution in [1.82, 2.24) is 0 Å². The molecule has 0 radical (unpaired) electrons. The lowest BCUT2D eigenvalue weighted by Crippen LogP contribution is -2.42. The van der Waals surface area contributed by atoms with Gasteiger partial charge in [-0.1, -0.05) is 0 Å². The van der Waals surface area contributed by atoms with Crippen LogP contribution in [0.5, 0.6) is 5.75 Å². The number of Topliss-reactive ketones (excluding diaryl/α,β-unsaturated/α-hetero) is 1. The standard InChI is InChI=1S/C15H22NO2/c1-16(2,3)10-12-6-5-11-9-13(18-4)7-8-14(11)15(12)17/h7-9,12H,5-6,10H2,1-4H3/q+1/t12-/m0/s1. The summed E-state index contributed by atoms with van der Waals surface area (Å²) in [6.45, 7) is 0.907. The summed E-state index contributed by atoms with van der Waals surface area (Å²) < 4.78 is 6.04. The Hall–Kier alpha value is -1.35. The van der Waals surface area contributed by atoms with Crippen molar-refractivity contribution in [1.29, 1.82) is 0 Å². The lowest BCUT2D eigenvalue weighted by molar-refractivity contribution is -0.872. The zero-order valence-electron chi connectivity index (χ0n) is 11.7. The summed E-state index contributed by atoms with van der Waals surface area (Å²) in [5.74, 6) is 1.30. The Kier molecular flexibility index (Phi) is 3.44. The fourth-order valence-corrected chi connectivity index (χ4v) is 2.66. The van der Waals surface area contributed by atoms with E-state index in [2.05, 4.69) is 21.1 Å². The molecule has 0 amide bonds. The summed E-state index contributed by atoms with van der Waals surface area (Å²) in [5.41, 5.74) is 2.03. The maximum absolute atomic E-state index is 12.4. The Bertz CT molecular complexity index is 460. The highest BCUT2D eigenvalue weighted by Crippen LogP contribution is 2.29. The summed E-state index contributed by atoms with van der Waals surface area (Å²) in [6, 6.07) is 5.79. The normalized spacial score (nSPS) is 19.6. The number of fused-ring (bicyclic) bond motifs is 1. The highest BCUT2D eigenvalue weighted by molar-refractivity contribution is 6.00. The SMILES string of the molecule is COc1ccc2c(c1)CC[C@@H](C[N+](C)(C)C)C2=O. The molecule has 0 spiro atoms. The van der Waals surface area contributed by atoms with Gasteiger partial charge in [0.1, 0.15) is 5.75 Å². The van der Waals surface area contributed by atoms with E-state index >= 15 is 0 Å². The number of carbonyl (C=O) groups is 1. The molecule has 98 valence electrons. The monoisotopic (exact) mass is 248 g/mol. The Morgan fingerprint density at radius 3 is 2.67 bits per heavy atom. The second-order valence-electron chi connectivity index (χ2n) is 6.10. The molecule has 3 heteroatoms. The molecular weight excluding hydrogens is 226 g/mol. The Balaban J connectivity index is 2.23. The van der Waals surface area contributed by atoms with Gasteiger partial charge in [0, 0.05) is 5.56 Å². The van der Waals surface area contributed by atoms with Crippen molar-refractivity contribution in [3.05, 3.63) is 29.3 Å². The van der Waals surface area contributed by atoms with Gasteiger partial charge in [-0.25, -0.2) is 0 Å². The number of benzene rings is 1. The molecule has 18 heavy (non-hydrogen) atoms. The van der Waals surface area contributed by atoms with Gasteiger partial charge in [-0.3, -0.25) is 4.79 Å². The molecule has 0 aliphatic heterocycles. The van der Waals surface area contributed by atoms with Crippen molar-refractivity contribution in [3.8, 4) is 5.75 Å². The second-order valence-corrected chi connectivity index (χ2v) is 6.10. The van der Waals surface area contributed by atoms with Crippen molar-refractivity contribution in [2.75, 3.05) is 34.8 Å². The molecule has 2 rings (SSSR count). The van der Waals surface area contributed by atoms with Gasteiger partial charge in [0.25, 0.3) is 0 Å². The predicted octanol–water partition coefficient (Wildman–Crippen LogP) is 2.15. The van der Waals surface area contributed by atoms with Crippen molar-refractivity contribution in [2.45, 2.75) is 12.8 Å². The molecule has 0 bridgehead atoms. The molecule has 3 nitrogen and oxygen atoms in total. The number of aryl methyl sites for hydroxylation is 1. The fraction of sp³-hybridized carbons (Fsp3) is 0.533. The molecule has 0 saturated heterocycles. The zero-order chi connectivity index (χ0) is 13.3. The van der Waals surface area contributed by atoms with Gasteiger partial charge in [-0.15, -0.1) is 0 Å². The number of hydrogen-bond acceptors (Lipinski definition) is 2. The zero-order valence-corrected chi connectivity index (χ0v) is 11.7. The van der Waals surface area contributed by atoms with Gasteiger partial charge >= 0.3 is 0 Å². The van der Waals surface area contributed by atoms with E-state index in [1.54, 1.807) is 7.11 Å². The van der Waals surface area contributed by atoms with Crippen LogP contribution in [-0.2, 0) is 6.42 Å². The first kappa shape index (κ1) is 13.1. The average molecular weight is 248 g/mol. The summed E-state index contributed by atoms with van der Waals surface area (Å²) >= 11 is 0. The van der Waals surface area contributed by atoms with E-state index in [-0.39, 0.29) is 5.92 Å². The van der Waals surface area contributed by atoms with Crippen LogP contribution in [-0.4, -0.2) is 45.1 Å². The highest BCUT2D eigenvalue weighted by Gasteiger charge is 2.31. The van der Waals surface area contributed by atoms with Crippen molar-refractivity contribution < 1.29 is 14.0 Å². The molecule has 0 aromatic heterocycles. The van der Waals surface area contributed by atoms with Gasteiger partial charge in [0.2, 0.25) is 0 Å². The molecule has 0 unspecified atom stereocenters. The first-order valence-electron chi connectivity index (χ1n) is 6.42. The van der Waals surface area contributed by atoms with Gasteiger partial charge in [0.15, 0.2) is 5.78 Å². The lowest BCUT2D eigenvalue weighted by Gasteiger charge is -2.31. The van der Waals surface area contributed by atoms with E-state index in [0.29, 0.717) is 5.78 Å². The van der Waals surface area contributed by atoms with E-state index < -0.39 is 0 Å². The van der Waals surface area contributed by atoms with E-state index in [9.17, 15) is 4.79 Å². The van der Waals surface area contributed by atoms with E-state index in [1.807, 2.05) is 18.2 Å². The smallest absolute Gasteiger partial charge is 0.171 e. The van der Waals surface area contributed by atoms with E-state index in [4.69, 9.17) is 4.74 Å². The minimum atomic E-state index is 0.158. The molecule has 1 aromatic carbocycles. The van der Waals surface area contributed by atoms with Gasteiger partial charge < -0.3 is 9.22 Å². The van der Waals surface area contributed by atoms with Gasteiger partial charge in [-0.05, 0) is 36.6 Å². The summed E-state index contributed by atoms with van der Waals surface area (Å²) in [6.07, 6.45) is 1.93. The lowest BCUT2D eigenvalue weighted by atomic mass is 9.82. The third kappa shape index (κ3) is 2.72. The number of rotatable bonds is 3. The number of ketones is 1. The summed E-state index contributed by atoms with van der Waals surface area (Å²) in [4.78, 5) is 12.4. The topological polar surface area (TPSA) is 26.3 Å². The van der Waals surface area contributed by atoms with Crippen molar-refractivity contribution in [3.63, 3.8) is 0 Å². The van der Waals surface area contributed by atoms with Crippen LogP contribution in [0.2, 0.25) is 0 Å². The highest BCUT2D eigenvalue weighted by atomic mass is 16.5. The maximum atomic E-state index is 12.4. The van der Waals surface area contributed by atoms with Gasteiger partial charge in [-0.2, -0.15) is 0 Å². The largest absolute Gasteiger partial charge is 0.497 e. The quantitative estimate of drug-likeness (QED) is 0.766. The minimum absolute atomic E-state index is 0.158. The third-order valence-corrected chi connectivity index (χ3v) is 3.48. The van der Waals surface area contributed by atoms with Crippen molar-refractivity contribution >= 4 is 5.78 Å². The first-order valence-corrected chi connectivity index (χ1v) is 6.42. The number of methoxy groups -OCH3 is 1. The first-order chi connectivity index (χ1) is 8.40. The van der Waals surface area contributed by atoms with Gasteiger partial charge in [0.05, 0.1) is 40.7 Å². The Labute approximate surface area is 109 Å². The number of nitrogens with zero attached hydrogens (tertiary/aromatic N) is 1. The molecule has 1 aliphatic rings. The molecule has 1 atom stereocenters. The summed E-state index contributed by atoms with van der Waals surface area (Å²) in [5, 5.41) is 0. The molecule has 0 heterocycles. The Morgan fingerprint density at radius 1 is 1.33 bits per heavy atom. The number of quaternary nitrogens is 1. The molecule has 0 fully saturated rings. The van der Waals surface area contributed by atoms with Crippen LogP contribution < -0.4 is 4.74 Å². The minimum Gasteiger partial charge on any atom is -0.497 e. The van der Waals surface area contributed by atoms with E-state index in [0.717, 1.165) is 40.7 Å². The maximum Gasteiger partial charge on any atom is 0.171 e. The molecule has 0 saturated carbocycles. The fourth-order valence-electron chi connectivity index (χ4n) is 2.66. The van der Waals surface area contributed by atoms with Crippen LogP contribution >= 0.6 is 0 Å². The second kappa shape index (κ2) is 4.73. The van der Waals surface area contributed by atoms with Crippen LogP contribution in [0.1, 0.15) is 22.3 Å². The van der Waals surface area contributed by atoms with Crippen LogP contribution in [0.15, 0.2) is 18.2 Å². The molecule has 0 N–H and O–H groups in total. The van der Waals surface area contributed by atoms with Crippen LogP contribution in [0.4, 0.5) is 0 Å². The van der Waals surface area contributed by atoms with E-state index in [1.165, 1.54) is 0 Å². The number of hydrogen-bond donors (Lipinski definition) is 0. The van der Waals surface area contributed by atoms with Crippen LogP contribution in [0.25, 0.3) is 0 Å². The summed E-state index contributed by atoms with van der Waals surface area (Å²) in [7, 11) is 8.07. The molecule has 1 aliphatic carbocycles. The third-order valence-electron chi connectivity index (χ3n) is 3.48. The van der Waals surface area contributed by atoms with Crippen LogP contribution in [0.3, 0.4) is 0 Å². The van der Waals surface area contributed by atoms with Crippen LogP contribution in [0, 0.1) is 5.92 Å². The molecule has 1 aromatic rings. The number of carbonyl (C=O) groups excluding carboxylic acids is 1. The number of ether oxygens (including phenoxy) is 1. The Morgan fingerprint density at radius 2 is 2.06 bits per heavy atom. The molecular formula is C15H22NO2+. The predicted molar refractivity (Wildman–Crippen MR) is 72.0 cm³/mol. The van der Waals surface area contributed by atoms with Crippen molar-refractivity contribution in [2.24, 2.45) is 5.92 Å². The average Bonchev–Trinajstić information content (AvgIpc) is 2.31.